The van der Waals surface area contributed by atoms with E-state index in [1.807, 2.05) is 12.3 Å². The number of benzene rings is 1. The molecule has 1 amide bonds. The third-order valence-corrected chi connectivity index (χ3v) is 5.18. The van der Waals surface area contributed by atoms with Crippen molar-refractivity contribution >= 4 is 23.0 Å². The standard InChI is InChI=1S/C19H17F3N4O2S/c1-10-9-29-15(24-10)8-23-18(28)17(27)16-11(2)25-26(12(16)3)14-6-4-5-13(7-14)19(20,21)22/h4-7,9H,8H2,1-3H3,(H,23,28). The zero-order chi connectivity index (χ0) is 21.3. The Kier molecular flexibility index (Phi) is 5.56. The van der Waals surface area contributed by atoms with E-state index in [0.717, 1.165) is 17.8 Å². The summed E-state index contributed by atoms with van der Waals surface area (Å²) in [5, 5.41) is 9.18. The first-order chi connectivity index (χ1) is 13.6. The average Bonchev–Trinajstić information content (AvgIpc) is 3.21. The van der Waals surface area contributed by atoms with Gasteiger partial charge in [0.2, 0.25) is 0 Å². The maximum atomic E-state index is 13.0. The molecule has 1 N–H and O–H groups in total. The molecule has 2 heterocycles. The summed E-state index contributed by atoms with van der Waals surface area (Å²) in [4.78, 5) is 29.1. The molecule has 6 nitrogen and oxygen atoms in total. The molecule has 2 aromatic heterocycles. The molecule has 0 saturated carbocycles. The average molecular weight is 422 g/mol. The highest BCUT2D eigenvalue weighted by atomic mass is 32.1. The predicted molar refractivity (Wildman–Crippen MR) is 101 cm³/mol. The molecule has 0 atom stereocenters. The molecule has 0 aliphatic heterocycles. The summed E-state index contributed by atoms with van der Waals surface area (Å²) in [6.45, 7) is 5.00. The van der Waals surface area contributed by atoms with Crippen molar-refractivity contribution in [1.82, 2.24) is 20.1 Å². The summed E-state index contributed by atoms with van der Waals surface area (Å²) >= 11 is 1.36. The summed E-state index contributed by atoms with van der Waals surface area (Å²) in [6.07, 6.45) is -4.50. The van der Waals surface area contributed by atoms with Crippen LogP contribution >= 0.6 is 11.3 Å². The Morgan fingerprint density at radius 3 is 2.55 bits per heavy atom. The number of rotatable bonds is 5. The van der Waals surface area contributed by atoms with E-state index in [9.17, 15) is 22.8 Å². The monoisotopic (exact) mass is 422 g/mol. The smallest absolute Gasteiger partial charge is 0.343 e. The molecule has 1 aromatic carbocycles. The molecule has 0 spiro atoms. The molecule has 0 saturated heterocycles. The minimum absolute atomic E-state index is 0.0650. The first-order valence-electron chi connectivity index (χ1n) is 8.55. The molecule has 29 heavy (non-hydrogen) atoms. The van der Waals surface area contributed by atoms with Gasteiger partial charge in [-0.2, -0.15) is 18.3 Å². The number of thiazole rings is 1. The van der Waals surface area contributed by atoms with Crippen molar-refractivity contribution in [3.05, 3.63) is 62.9 Å². The Labute approximate surface area is 168 Å². The van der Waals surface area contributed by atoms with Crippen molar-refractivity contribution < 1.29 is 22.8 Å². The Balaban J connectivity index is 1.85. The van der Waals surface area contributed by atoms with Gasteiger partial charge in [-0.05, 0) is 39.0 Å². The van der Waals surface area contributed by atoms with Crippen LogP contribution in [-0.2, 0) is 17.5 Å². The Morgan fingerprint density at radius 2 is 1.93 bits per heavy atom. The molecule has 0 aliphatic carbocycles. The third kappa shape index (κ3) is 4.37. The molecule has 0 fully saturated rings. The highest BCUT2D eigenvalue weighted by molar-refractivity contribution is 7.09. The number of amides is 1. The zero-order valence-electron chi connectivity index (χ0n) is 15.8. The number of carbonyl (C=O) groups is 2. The molecular formula is C19H17F3N4O2S. The molecule has 0 bridgehead atoms. The lowest BCUT2D eigenvalue weighted by Crippen LogP contribution is -2.31. The highest BCUT2D eigenvalue weighted by Crippen LogP contribution is 2.31. The van der Waals surface area contributed by atoms with Gasteiger partial charge < -0.3 is 5.32 Å². The Bertz CT molecular complexity index is 1090. The van der Waals surface area contributed by atoms with E-state index in [1.165, 1.54) is 42.0 Å². The molecular weight excluding hydrogens is 405 g/mol. The second kappa shape index (κ2) is 7.78. The van der Waals surface area contributed by atoms with E-state index in [0.29, 0.717) is 5.01 Å². The number of nitrogens with zero attached hydrogens (tertiary/aromatic N) is 3. The zero-order valence-corrected chi connectivity index (χ0v) is 16.6. The number of Topliss-reactive ketones (excluding diaryl/α,β-unsaturated/α-hetero) is 1. The molecule has 152 valence electrons. The number of ketones is 1. The van der Waals surface area contributed by atoms with Gasteiger partial charge in [0.15, 0.2) is 0 Å². The van der Waals surface area contributed by atoms with Crippen LogP contribution in [0.3, 0.4) is 0 Å². The van der Waals surface area contributed by atoms with Gasteiger partial charge >= 0.3 is 6.18 Å². The summed E-state index contributed by atoms with van der Waals surface area (Å²) in [6, 6.07) is 4.61. The maximum absolute atomic E-state index is 13.0. The van der Waals surface area contributed by atoms with Crippen LogP contribution in [0.15, 0.2) is 29.6 Å². The van der Waals surface area contributed by atoms with Crippen LogP contribution < -0.4 is 5.32 Å². The van der Waals surface area contributed by atoms with E-state index in [1.54, 1.807) is 0 Å². The first-order valence-corrected chi connectivity index (χ1v) is 9.43. The minimum Gasteiger partial charge on any atom is -0.343 e. The third-order valence-electron chi connectivity index (χ3n) is 4.21. The van der Waals surface area contributed by atoms with E-state index >= 15 is 0 Å². The maximum Gasteiger partial charge on any atom is 0.416 e. The van der Waals surface area contributed by atoms with E-state index < -0.39 is 23.4 Å². The summed E-state index contributed by atoms with van der Waals surface area (Å²) < 4.78 is 40.2. The molecule has 0 unspecified atom stereocenters. The number of alkyl halides is 3. The molecule has 3 aromatic rings. The largest absolute Gasteiger partial charge is 0.416 e. The van der Waals surface area contributed by atoms with Gasteiger partial charge in [-0.25, -0.2) is 9.67 Å². The van der Waals surface area contributed by atoms with Gasteiger partial charge in [0.05, 0.1) is 34.7 Å². The highest BCUT2D eigenvalue weighted by Gasteiger charge is 2.31. The lowest BCUT2D eigenvalue weighted by Gasteiger charge is -2.10. The number of halogens is 3. The fraction of sp³-hybridized carbons (Fsp3) is 0.263. The Morgan fingerprint density at radius 1 is 1.21 bits per heavy atom. The van der Waals surface area contributed by atoms with Gasteiger partial charge in [-0.3, -0.25) is 9.59 Å². The lowest BCUT2D eigenvalue weighted by atomic mass is 10.1. The van der Waals surface area contributed by atoms with E-state index in [4.69, 9.17) is 0 Å². The van der Waals surface area contributed by atoms with Gasteiger partial charge in [0.25, 0.3) is 11.7 Å². The van der Waals surface area contributed by atoms with Crippen LogP contribution in [0, 0.1) is 20.8 Å². The van der Waals surface area contributed by atoms with E-state index in [2.05, 4.69) is 15.4 Å². The van der Waals surface area contributed by atoms with Crippen LogP contribution in [0.1, 0.15) is 38.0 Å². The topological polar surface area (TPSA) is 76.9 Å². The minimum atomic E-state index is -4.50. The van der Waals surface area contributed by atoms with Crippen molar-refractivity contribution in [3.8, 4) is 5.69 Å². The number of carbonyl (C=O) groups excluding carboxylic acids is 2. The van der Waals surface area contributed by atoms with Crippen LogP contribution in [0.5, 0.6) is 0 Å². The summed E-state index contributed by atoms with van der Waals surface area (Å²) in [5.41, 5.74) is 0.747. The van der Waals surface area contributed by atoms with Crippen molar-refractivity contribution in [2.24, 2.45) is 0 Å². The van der Waals surface area contributed by atoms with Crippen molar-refractivity contribution in [1.29, 1.82) is 0 Å². The number of aryl methyl sites for hydroxylation is 2. The summed E-state index contributed by atoms with van der Waals surface area (Å²) in [7, 11) is 0. The second-order valence-corrected chi connectivity index (χ2v) is 7.34. The van der Waals surface area contributed by atoms with Crippen LogP contribution in [0.2, 0.25) is 0 Å². The first kappa shape index (κ1) is 20.7. The van der Waals surface area contributed by atoms with Crippen molar-refractivity contribution in [2.75, 3.05) is 0 Å². The van der Waals surface area contributed by atoms with Gasteiger partial charge in [0, 0.05) is 11.1 Å². The number of aromatic nitrogens is 3. The SMILES string of the molecule is Cc1csc(CNC(=O)C(=O)c2c(C)nn(-c3cccc(C(F)(F)F)c3)c2C)n1. The molecule has 3 rings (SSSR count). The fourth-order valence-corrected chi connectivity index (χ4v) is 3.58. The number of hydrogen-bond donors (Lipinski definition) is 1. The van der Waals surface area contributed by atoms with Gasteiger partial charge in [0.1, 0.15) is 5.01 Å². The number of hydrogen-bond acceptors (Lipinski definition) is 5. The molecule has 10 heteroatoms. The van der Waals surface area contributed by atoms with Crippen LogP contribution in [-0.4, -0.2) is 26.5 Å². The normalized spacial score (nSPS) is 11.5. The van der Waals surface area contributed by atoms with Crippen molar-refractivity contribution in [2.45, 2.75) is 33.5 Å². The lowest BCUT2D eigenvalue weighted by molar-refractivity contribution is -0.137. The predicted octanol–water partition coefficient (Wildman–Crippen LogP) is 3.77. The van der Waals surface area contributed by atoms with E-state index in [-0.39, 0.29) is 29.2 Å². The van der Waals surface area contributed by atoms with Gasteiger partial charge in [-0.15, -0.1) is 11.3 Å². The van der Waals surface area contributed by atoms with Crippen molar-refractivity contribution in [3.63, 3.8) is 0 Å². The quantitative estimate of drug-likeness (QED) is 0.502. The van der Waals surface area contributed by atoms with Crippen LogP contribution in [0.4, 0.5) is 13.2 Å². The Hall–Kier alpha value is -3.01. The molecule has 0 radical (unpaired) electrons. The molecule has 0 aliphatic rings. The fourth-order valence-electron chi connectivity index (χ4n) is 2.87. The van der Waals surface area contributed by atoms with Gasteiger partial charge in [-0.1, -0.05) is 6.07 Å². The number of nitrogens with one attached hydrogen (secondary N) is 1. The van der Waals surface area contributed by atoms with Crippen LogP contribution in [0.25, 0.3) is 5.69 Å². The second-order valence-electron chi connectivity index (χ2n) is 6.40. The summed E-state index contributed by atoms with van der Waals surface area (Å²) in [5.74, 6) is -1.63.